The highest BCUT2D eigenvalue weighted by molar-refractivity contribution is 5.92. The Hall–Kier alpha value is -3.66. The van der Waals surface area contributed by atoms with Crippen LogP contribution >= 0.6 is 0 Å². The van der Waals surface area contributed by atoms with Gasteiger partial charge >= 0.3 is 0 Å². The van der Waals surface area contributed by atoms with Crippen LogP contribution in [0.15, 0.2) is 30.5 Å². The molecule has 0 aliphatic carbocycles. The summed E-state index contributed by atoms with van der Waals surface area (Å²) in [7, 11) is 0. The molecule has 4 heterocycles. The summed E-state index contributed by atoms with van der Waals surface area (Å²) in [6.07, 6.45) is 3.61. The summed E-state index contributed by atoms with van der Waals surface area (Å²) in [4.78, 5) is 21.9. The number of hydrogen-bond acceptors (Lipinski definition) is 8. The molecule has 5 rings (SSSR count). The first-order valence-corrected chi connectivity index (χ1v) is 12.0. The van der Waals surface area contributed by atoms with Gasteiger partial charge in [-0.25, -0.2) is 4.98 Å². The molecular weight excluding hydrogens is 448 g/mol. The van der Waals surface area contributed by atoms with Gasteiger partial charge in [0.1, 0.15) is 17.3 Å². The predicted molar refractivity (Wildman–Crippen MR) is 130 cm³/mol. The van der Waals surface area contributed by atoms with E-state index in [-0.39, 0.29) is 29.1 Å². The lowest BCUT2D eigenvalue weighted by Crippen LogP contribution is -2.36. The maximum Gasteiger partial charge on any atom is 0.292 e. The maximum atomic E-state index is 13.4. The number of phenolic OH excluding ortho intramolecular Hbond substituents is 2. The van der Waals surface area contributed by atoms with Crippen LogP contribution in [0.5, 0.6) is 11.5 Å². The van der Waals surface area contributed by atoms with E-state index in [0.717, 1.165) is 31.7 Å². The fourth-order valence-electron chi connectivity index (χ4n) is 4.63. The molecule has 2 aliphatic heterocycles. The summed E-state index contributed by atoms with van der Waals surface area (Å²) in [5.41, 5.74) is 1.67. The SMILES string of the molecule is CC(C)c1cc(-c2nnc(C(=O)N3CCCC3)n2-c2ccc(N3CCOCC3)nc2)c(O)cc1O. The summed E-state index contributed by atoms with van der Waals surface area (Å²) >= 11 is 0. The van der Waals surface area contributed by atoms with Crippen LogP contribution in [0.2, 0.25) is 0 Å². The van der Waals surface area contributed by atoms with Crippen molar-refractivity contribution in [2.45, 2.75) is 32.6 Å². The second kappa shape index (κ2) is 9.53. The van der Waals surface area contributed by atoms with Crippen LogP contribution in [-0.2, 0) is 4.74 Å². The fraction of sp³-hybridized carbons (Fsp3) is 0.440. The number of pyridine rings is 1. The van der Waals surface area contributed by atoms with Crippen LogP contribution in [0.4, 0.5) is 5.82 Å². The monoisotopic (exact) mass is 478 g/mol. The van der Waals surface area contributed by atoms with Crippen molar-refractivity contribution in [3.8, 4) is 28.6 Å². The summed E-state index contributed by atoms with van der Waals surface area (Å²) in [6, 6.07) is 6.80. The first kappa shape index (κ1) is 23.1. The number of carbonyl (C=O) groups excluding carboxylic acids is 1. The Labute approximate surface area is 203 Å². The van der Waals surface area contributed by atoms with Gasteiger partial charge in [-0.1, -0.05) is 13.8 Å². The molecule has 2 aromatic heterocycles. The van der Waals surface area contributed by atoms with E-state index in [0.29, 0.717) is 48.9 Å². The second-order valence-corrected chi connectivity index (χ2v) is 9.24. The van der Waals surface area contributed by atoms with Crippen molar-refractivity contribution in [3.05, 3.63) is 41.9 Å². The highest BCUT2D eigenvalue weighted by Crippen LogP contribution is 2.38. The summed E-state index contributed by atoms with van der Waals surface area (Å²) < 4.78 is 7.08. The molecule has 35 heavy (non-hydrogen) atoms. The summed E-state index contributed by atoms with van der Waals surface area (Å²) in [5.74, 6) is 0.991. The molecule has 1 amide bonds. The lowest BCUT2D eigenvalue weighted by atomic mass is 9.98. The maximum absolute atomic E-state index is 13.4. The van der Waals surface area contributed by atoms with Gasteiger partial charge in [0.2, 0.25) is 5.82 Å². The van der Waals surface area contributed by atoms with E-state index in [1.54, 1.807) is 21.7 Å². The Balaban J connectivity index is 1.61. The number of carbonyl (C=O) groups is 1. The zero-order valence-electron chi connectivity index (χ0n) is 20.0. The molecule has 0 unspecified atom stereocenters. The van der Waals surface area contributed by atoms with Gasteiger partial charge in [-0.05, 0) is 42.5 Å². The Morgan fingerprint density at radius 3 is 2.40 bits per heavy atom. The molecule has 2 aliphatic rings. The van der Waals surface area contributed by atoms with Gasteiger partial charge < -0.3 is 24.7 Å². The van der Waals surface area contributed by atoms with E-state index < -0.39 is 0 Å². The van der Waals surface area contributed by atoms with Gasteiger partial charge in [0.25, 0.3) is 5.91 Å². The fourth-order valence-corrected chi connectivity index (χ4v) is 4.63. The van der Waals surface area contributed by atoms with E-state index in [2.05, 4.69) is 20.1 Å². The molecule has 2 N–H and O–H groups in total. The molecule has 2 saturated heterocycles. The van der Waals surface area contributed by atoms with Gasteiger partial charge in [-0.2, -0.15) is 0 Å². The van der Waals surface area contributed by atoms with Crippen molar-refractivity contribution < 1.29 is 19.7 Å². The molecule has 0 bridgehead atoms. The van der Waals surface area contributed by atoms with E-state index in [4.69, 9.17) is 4.74 Å². The molecule has 0 saturated carbocycles. The average molecular weight is 479 g/mol. The third-order valence-corrected chi connectivity index (χ3v) is 6.58. The Bertz CT molecular complexity index is 1210. The van der Waals surface area contributed by atoms with Crippen molar-refractivity contribution in [2.24, 2.45) is 0 Å². The van der Waals surface area contributed by atoms with Gasteiger partial charge in [0.05, 0.1) is 30.7 Å². The molecule has 184 valence electrons. The van der Waals surface area contributed by atoms with Gasteiger partial charge in [-0.3, -0.25) is 9.36 Å². The van der Waals surface area contributed by atoms with Crippen molar-refractivity contribution in [3.63, 3.8) is 0 Å². The van der Waals surface area contributed by atoms with Crippen LogP contribution in [0.1, 0.15) is 48.8 Å². The Morgan fingerprint density at radius 2 is 1.74 bits per heavy atom. The van der Waals surface area contributed by atoms with Crippen LogP contribution in [0, 0.1) is 0 Å². The van der Waals surface area contributed by atoms with Gasteiger partial charge in [-0.15, -0.1) is 10.2 Å². The van der Waals surface area contributed by atoms with E-state index >= 15 is 0 Å². The molecule has 10 heteroatoms. The molecule has 1 aromatic carbocycles. The highest BCUT2D eigenvalue weighted by Gasteiger charge is 2.29. The van der Waals surface area contributed by atoms with Crippen molar-refractivity contribution in [2.75, 3.05) is 44.3 Å². The molecule has 2 fully saturated rings. The van der Waals surface area contributed by atoms with Crippen LogP contribution < -0.4 is 4.90 Å². The van der Waals surface area contributed by atoms with Crippen LogP contribution in [0.3, 0.4) is 0 Å². The van der Waals surface area contributed by atoms with E-state index in [9.17, 15) is 15.0 Å². The van der Waals surface area contributed by atoms with E-state index in [1.165, 1.54) is 6.07 Å². The number of anilines is 1. The highest BCUT2D eigenvalue weighted by atomic mass is 16.5. The largest absolute Gasteiger partial charge is 0.508 e. The zero-order valence-corrected chi connectivity index (χ0v) is 20.0. The minimum Gasteiger partial charge on any atom is -0.508 e. The van der Waals surface area contributed by atoms with Crippen molar-refractivity contribution >= 4 is 11.7 Å². The summed E-state index contributed by atoms with van der Waals surface area (Å²) in [6.45, 7) is 8.12. The number of nitrogens with zero attached hydrogens (tertiary/aromatic N) is 6. The third kappa shape index (κ3) is 4.41. The molecular formula is C25H30N6O4. The predicted octanol–water partition coefficient (Wildman–Crippen LogP) is 2.94. The number of morpholine rings is 1. The van der Waals surface area contributed by atoms with Gasteiger partial charge in [0, 0.05) is 32.2 Å². The molecule has 0 spiro atoms. The number of rotatable bonds is 5. The number of aromatic hydroxyl groups is 2. The standard InChI is InChI=1S/C25H30N6O4/c1-16(2)18-13-19(21(33)14-20(18)32)23-27-28-24(25(34)30-7-3-4-8-30)31(23)17-5-6-22(26-15-17)29-9-11-35-12-10-29/h5-6,13-16,32-33H,3-4,7-12H2,1-2H3. The lowest BCUT2D eigenvalue weighted by Gasteiger charge is -2.27. The molecule has 10 nitrogen and oxygen atoms in total. The van der Waals surface area contributed by atoms with Crippen molar-refractivity contribution in [1.29, 1.82) is 0 Å². The molecule has 0 atom stereocenters. The van der Waals surface area contributed by atoms with Crippen LogP contribution in [0.25, 0.3) is 17.1 Å². The minimum absolute atomic E-state index is 0.0113. The first-order chi connectivity index (χ1) is 16.9. The normalized spacial score (nSPS) is 16.3. The number of likely N-dealkylation sites (tertiary alicyclic amines) is 1. The summed E-state index contributed by atoms with van der Waals surface area (Å²) in [5, 5.41) is 29.6. The molecule has 0 radical (unpaired) electrons. The quantitative estimate of drug-likeness (QED) is 0.575. The molecule has 3 aromatic rings. The average Bonchev–Trinajstić information content (AvgIpc) is 3.55. The van der Waals surface area contributed by atoms with Crippen molar-refractivity contribution in [1.82, 2.24) is 24.6 Å². The van der Waals surface area contributed by atoms with Gasteiger partial charge in [0.15, 0.2) is 5.82 Å². The third-order valence-electron chi connectivity index (χ3n) is 6.58. The topological polar surface area (TPSA) is 117 Å². The van der Waals surface area contributed by atoms with Crippen LogP contribution in [-0.4, -0.2) is 80.2 Å². The minimum atomic E-state index is -0.208. The van der Waals surface area contributed by atoms with E-state index in [1.807, 2.05) is 26.0 Å². The number of aromatic nitrogens is 4. The first-order valence-electron chi connectivity index (χ1n) is 12.0. The zero-order chi connectivity index (χ0) is 24.5. The number of ether oxygens (including phenoxy) is 1. The number of hydrogen-bond donors (Lipinski definition) is 2. The smallest absolute Gasteiger partial charge is 0.292 e. The number of amides is 1. The Kier molecular flexibility index (Phi) is 6.29. The second-order valence-electron chi connectivity index (χ2n) is 9.24. The number of benzene rings is 1. The number of phenols is 2. The Morgan fingerprint density at radius 1 is 1.00 bits per heavy atom. The lowest BCUT2D eigenvalue weighted by molar-refractivity contribution is 0.0778.